The standard InChI is InChI=1S/C11H13ClFN3O2/c1-6(5-9(14)16-18)15-11(17)7-3-2-4-8(13)10(7)12/h2-4,6,18H,5H2,1H3,(H2,14,16)(H,15,17). The molecule has 0 saturated carbocycles. The summed E-state index contributed by atoms with van der Waals surface area (Å²) in [5.41, 5.74) is 5.35. The molecule has 0 aliphatic heterocycles. The Bertz CT molecular complexity index is 479. The SMILES string of the molecule is CC(C/C(N)=N/O)NC(=O)c1cccc(F)c1Cl. The number of carbonyl (C=O) groups is 1. The van der Waals surface area contributed by atoms with Gasteiger partial charge in [0.15, 0.2) is 0 Å². The summed E-state index contributed by atoms with van der Waals surface area (Å²) < 4.78 is 13.2. The summed E-state index contributed by atoms with van der Waals surface area (Å²) in [5.74, 6) is -1.18. The Balaban J connectivity index is 2.74. The second-order valence-electron chi connectivity index (χ2n) is 3.77. The molecule has 0 aliphatic carbocycles. The molecule has 0 radical (unpaired) electrons. The third-order valence-corrected chi connectivity index (χ3v) is 2.60. The number of nitrogens with one attached hydrogen (secondary N) is 1. The summed E-state index contributed by atoms with van der Waals surface area (Å²) in [6.07, 6.45) is 0.176. The van der Waals surface area contributed by atoms with Crippen LogP contribution in [0.2, 0.25) is 5.02 Å². The van der Waals surface area contributed by atoms with Crippen LogP contribution >= 0.6 is 11.6 Å². The molecular formula is C11H13ClFN3O2. The van der Waals surface area contributed by atoms with Gasteiger partial charge in [-0.05, 0) is 19.1 Å². The van der Waals surface area contributed by atoms with Gasteiger partial charge in [-0.1, -0.05) is 22.8 Å². The van der Waals surface area contributed by atoms with Crippen molar-refractivity contribution in [2.45, 2.75) is 19.4 Å². The van der Waals surface area contributed by atoms with Gasteiger partial charge in [0.2, 0.25) is 0 Å². The molecule has 5 nitrogen and oxygen atoms in total. The summed E-state index contributed by atoms with van der Waals surface area (Å²) in [4.78, 5) is 11.8. The fourth-order valence-electron chi connectivity index (χ4n) is 1.39. The van der Waals surface area contributed by atoms with E-state index in [4.69, 9.17) is 22.5 Å². The molecule has 0 bridgehead atoms. The normalized spacial score (nSPS) is 13.2. The van der Waals surface area contributed by atoms with Gasteiger partial charge in [-0.15, -0.1) is 0 Å². The number of benzene rings is 1. The van der Waals surface area contributed by atoms with E-state index in [0.29, 0.717) is 0 Å². The van der Waals surface area contributed by atoms with Crippen molar-refractivity contribution in [3.63, 3.8) is 0 Å². The first-order valence-corrected chi connectivity index (χ1v) is 5.54. The van der Waals surface area contributed by atoms with Gasteiger partial charge < -0.3 is 16.3 Å². The van der Waals surface area contributed by atoms with Crippen LogP contribution in [0.1, 0.15) is 23.7 Å². The van der Waals surface area contributed by atoms with Crippen LogP contribution in [-0.4, -0.2) is 23.0 Å². The number of carbonyl (C=O) groups excluding carboxylic acids is 1. The van der Waals surface area contributed by atoms with Crippen LogP contribution in [0.3, 0.4) is 0 Å². The molecule has 0 spiro atoms. The van der Waals surface area contributed by atoms with Crippen molar-refractivity contribution in [1.82, 2.24) is 5.32 Å². The predicted octanol–water partition coefficient (Wildman–Crippen LogP) is 1.73. The van der Waals surface area contributed by atoms with Gasteiger partial charge in [0, 0.05) is 12.5 Å². The highest BCUT2D eigenvalue weighted by atomic mass is 35.5. The number of amides is 1. The molecule has 4 N–H and O–H groups in total. The van der Waals surface area contributed by atoms with E-state index in [1.165, 1.54) is 18.2 Å². The van der Waals surface area contributed by atoms with Crippen LogP contribution in [0, 0.1) is 5.82 Å². The highest BCUT2D eigenvalue weighted by molar-refractivity contribution is 6.34. The molecule has 1 unspecified atom stereocenters. The molecule has 0 fully saturated rings. The van der Waals surface area contributed by atoms with E-state index < -0.39 is 11.7 Å². The zero-order valence-corrected chi connectivity index (χ0v) is 10.4. The van der Waals surface area contributed by atoms with Crippen molar-refractivity contribution < 1.29 is 14.4 Å². The fraction of sp³-hybridized carbons (Fsp3) is 0.273. The van der Waals surface area contributed by atoms with Gasteiger partial charge in [0.05, 0.1) is 10.6 Å². The molecule has 0 saturated heterocycles. The maximum Gasteiger partial charge on any atom is 0.253 e. The molecular weight excluding hydrogens is 261 g/mol. The number of halogens is 2. The predicted molar refractivity (Wildman–Crippen MR) is 66.4 cm³/mol. The van der Waals surface area contributed by atoms with Gasteiger partial charge >= 0.3 is 0 Å². The molecule has 0 aliphatic rings. The first-order valence-electron chi connectivity index (χ1n) is 5.17. The number of hydrogen-bond donors (Lipinski definition) is 3. The minimum absolute atomic E-state index is 0.00635. The zero-order valence-electron chi connectivity index (χ0n) is 9.65. The molecule has 18 heavy (non-hydrogen) atoms. The summed E-state index contributed by atoms with van der Waals surface area (Å²) in [5, 5.41) is 13.5. The van der Waals surface area contributed by atoms with Crippen molar-refractivity contribution in [1.29, 1.82) is 0 Å². The molecule has 1 aromatic carbocycles. The number of hydrogen-bond acceptors (Lipinski definition) is 3. The highest BCUT2D eigenvalue weighted by Gasteiger charge is 2.16. The van der Waals surface area contributed by atoms with Crippen molar-refractivity contribution in [2.75, 3.05) is 0 Å². The third kappa shape index (κ3) is 3.59. The number of nitrogens with zero attached hydrogens (tertiary/aromatic N) is 1. The molecule has 1 rings (SSSR count). The average Bonchev–Trinajstić information content (AvgIpc) is 2.32. The lowest BCUT2D eigenvalue weighted by molar-refractivity contribution is 0.0940. The second kappa shape index (κ2) is 6.20. The lowest BCUT2D eigenvalue weighted by Gasteiger charge is -2.13. The number of oxime groups is 1. The van der Waals surface area contributed by atoms with Gasteiger partial charge in [-0.25, -0.2) is 4.39 Å². The summed E-state index contributed by atoms with van der Waals surface area (Å²) in [6, 6.07) is 3.60. The largest absolute Gasteiger partial charge is 0.409 e. The van der Waals surface area contributed by atoms with E-state index >= 15 is 0 Å². The number of rotatable bonds is 4. The van der Waals surface area contributed by atoms with E-state index in [2.05, 4.69) is 10.5 Å². The summed E-state index contributed by atoms with van der Waals surface area (Å²) in [6.45, 7) is 1.67. The summed E-state index contributed by atoms with van der Waals surface area (Å²) >= 11 is 5.68. The van der Waals surface area contributed by atoms with E-state index in [-0.39, 0.29) is 28.9 Å². The van der Waals surface area contributed by atoms with E-state index in [0.717, 1.165) is 0 Å². The second-order valence-corrected chi connectivity index (χ2v) is 4.15. The first kappa shape index (κ1) is 14.2. The van der Waals surface area contributed by atoms with Crippen molar-refractivity contribution in [2.24, 2.45) is 10.9 Å². The Labute approximate surface area is 108 Å². The van der Waals surface area contributed by atoms with E-state index in [1.54, 1.807) is 6.92 Å². The molecule has 1 atom stereocenters. The monoisotopic (exact) mass is 273 g/mol. The first-order chi connectivity index (χ1) is 8.45. The molecule has 0 heterocycles. The Morgan fingerprint density at radius 2 is 2.33 bits per heavy atom. The smallest absolute Gasteiger partial charge is 0.253 e. The van der Waals surface area contributed by atoms with Gasteiger partial charge in [-0.2, -0.15) is 0 Å². The van der Waals surface area contributed by atoms with E-state index in [1.807, 2.05) is 0 Å². The Morgan fingerprint density at radius 1 is 1.67 bits per heavy atom. The number of amidine groups is 1. The maximum atomic E-state index is 13.2. The number of nitrogens with two attached hydrogens (primary N) is 1. The van der Waals surface area contributed by atoms with Crippen LogP contribution in [0.5, 0.6) is 0 Å². The van der Waals surface area contributed by atoms with Crippen LogP contribution in [-0.2, 0) is 0 Å². The lowest BCUT2D eigenvalue weighted by atomic mass is 10.1. The van der Waals surface area contributed by atoms with Gasteiger partial charge in [-0.3, -0.25) is 4.79 Å². The Kier molecular flexibility index (Phi) is 4.91. The lowest BCUT2D eigenvalue weighted by Crippen LogP contribution is -2.36. The van der Waals surface area contributed by atoms with Crippen molar-refractivity contribution in [3.05, 3.63) is 34.6 Å². The topological polar surface area (TPSA) is 87.7 Å². The minimum Gasteiger partial charge on any atom is -0.409 e. The maximum absolute atomic E-state index is 13.2. The summed E-state index contributed by atoms with van der Waals surface area (Å²) in [7, 11) is 0. The van der Waals surface area contributed by atoms with E-state index in [9.17, 15) is 9.18 Å². The molecule has 1 amide bonds. The Morgan fingerprint density at radius 3 is 2.94 bits per heavy atom. The van der Waals surface area contributed by atoms with Crippen LogP contribution in [0.15, 0.2) is 23.4 Å². The van der Waals surface area contributed by atoms with Crippen LogP contribution in [0.25, 0.3) is 0 Å². The van der Waals surface area contributed by atoms with Crippen molar-refractivity contribution in [3.8, 4) is 0 Å². The van der Waals surface area contributed by atoms with Gasteiger partial charge in [0.1, 0.15) is 11.7 Å². The highest BCUT2D eigenvalue weighted by Crippen LogP contribution is 2.19. The fourth-order valence-corrected chi connectivity index (χ4v) is 1.60. The quantitative estimate of drug-likeness (QED) is 0.338. The molecule has 0 aromatic heterocycles. The zero-order chi connectivity index (χ0) is 13.7. The Hall–Kier alpha value is -1.82. The third-order valence-electron chi connectivity index (χ3n) is 2.22. The van der Waals surface area contributed by atoms with Crippen molar-refractivity contribution >= 4 is 23.3 Å². The molecule has 7 heteroatoms. The van der Waals surface area contributed by atoms with Crippen LogP contribution in [0.4, 0.5) is 4.39 Å². The average molecular weight is 274 g/mol. The molecule has 1 aromatic rings. The minimum atomic E-state index is -0.659. The van der Waals surface area contributed by atoms with Gasteiger partial charge in [0.25, 0.3) is 5.91 Å². The van der Waals surface area contributed by atoms with Crippen LogP contribution < -0.4 is 11.1 Å². The molecule has 98 valence electrons.